The van der Waals surface area contributed by atoms with E-state index >= 15 is 0 Å². The molecule has 7 aliphatic rings. The fraction of sp³-hybridized carbons (Fsp3) is 0.750. The summed E-state index contributed by atoms with van der Waals surface area (Å²) in [4.78, 5) is 15.7. The van der Waals surface area contributed by atoms with E-state index in [1.54, 1.807) is 0 Å². The van der Waals surface area contributed by atoms with Crippen LogP contribution >= 0.6 is 0 Å². The Morgan fingerprint density at radius 3 is 2.33 bits per heavy atom. The highest BCUT2D eigenvalue weighted by molar-refractivity contribution is 7.91. The zero-order valence-electron chi connectivity index (χ0n) is 38.1. The molecular weight excluding hydrogens is 768 g/mol. The molecular formula is C52H77FN2O4S. The number of allylic oxidation sites excluding steroid dienone is 5. The van der Waals surface area contributed by atoms with E-state index in [4.69, 9.17) is 4.74 Å². The first kappa shape index (κ1) is 44.3. The Labute approximate surface area is 362 Å². The molecule has 0 bridgehead atoms. The van der Waals surface area contributed by atoms with Gasteiger partial charge < -0.3 is 15.0 Å². The Kier molecular flexibility index (Phi) is 12.1. The van der Waals surface area contributed by atoms with Crippen molar-refractivity contribution in [3.05, 3.63) is 71.3 Å². The first-order valence-corrected chi connectivity index (χ1v) is 25.7. The molecule has 5 fully saturated rings. The Bertz CT molecular complexity index is 1950. The van der Waals surface area contributed by atoms with Crippen molar-refractivity contribution in [2.24, 2.45) is 62.1 Å². The molecule has 1 heterocycles. The van der Waals surface area contributed by atoms with Crippen LogP contribution in [0.25, 0.3) is 0 Å². The van der Waals surface area contributed by atoms with Crippen LogP contribution in [0.4, 0.5) is 4.39 Å². The number of sulfone groups is 1. The molecule has 0 radical (unpaired) electrons. The predicted molar refractivity (Wildman–Crippen MR) is 242 cm³/mol. The number of halogens is 1. The monoisotopic (exact) mass is 845 g/mol. The average Bonchev–Trinajstić information content (AvgIpc) is 3.61. The summed E-state index contributed by atoms with van der Waals surface area (Å²) in [5.41, 5.74) is 5.11. The Balaban J connectivity index is 0.964. The number of carbonyl (C=O) groups is 1. The fourth-order valence-electron chi connectivity index (χ4n) is 15.9. The third-order valence-corrected chi connectivity index (χ3v) is 21.0. The summed E-state index contributed by atoms with van der Waals surface area (Å²) in [6.07, 6.45) is 18.9. The van der Waals surface area contributed by atoms with Gasteiger partial charge in [-0.25, -0.2) is 12.8 Å². The van der Waals surface area contributed by atoms with Gasteiger partial charge in [0.1, 0.15) is 13.3 Å². The van der Waals surface area contributed by atoms with Gasteiger partial charge in [0, 0.05) is 19.6 Å². The maximum atomic E-state index is 14.8. The van der Waals surface area contributed by atoms with Crippen LogP contribution in [0.1, 0.15) is 131 Å². The summed E-state index contributed by atoms with van der Waals surface area (Å²) >= 11 is 0. The molecule has 332 valence electrons. The van der Waals surface area contributed by atoms with Crippen molar-refractivity contribution >= 4 is 15.8 Å². The van der Waals surface area contributed by atoms with Crippen LogP contribution < -0.4 is 5.32 Å². The molecule has 8 rings (SSSR count). The third-order valence-electron chi connectivity index (χ3n) is 19.4. The number of esters is 1. The summed E-state index contributed by atoms with van der Waals surface area (Å²) in [7, 11) is -2.84. The van der Waals surface area contributed by atoms with Crippen molar-refractivity contribution in [3.8, 4) is 0 Å². The van der Waals surface area contributed by atoms with E-state index < -0.39 is 27.9 Å². The molecule has 8 heteroatoms. The maximum Gasteiger partial charge on any atom is 0.315 e. The number of hydrogen-bond acceptors (Lipinski definition) is 6. The van der Waals surface area contributed by atoms with Crippen LogP contribution in [0.2, 0.25) is 0 Å². The van der Waals surface area contributed by atoms with Gasteiger partial charge in [0.05, 0.1) is 16.9 Å². The van der Waals surface area contributed by atoms with Crippen LogP contribution in [0.3, 0.4) is 0 Å². The molecule has 0 aromatic heterocycles. The van der Waals surface area contributed by atoms with Crippen molar-refractivity contribution < 1.29 is 22.3 Å². The minimum Gasteiger partial charge on any atom is -0.460 e. The number of rotatable bonds is 12. The van der Waals surface area contributed by atoms with E-state index in [1.165, 1.54) is 68.1 Å². The molecule has 6 nitrogen and oxygen atoms in total. The van der Waals surface area contributed by atoms with E-state index in [0.29, 0.717) is 72.4 Å². The smallest absolute Gasteiger partial charge is 0.315 e. The van der Waals surface area contributed by atoms with Crippen molar-refractivity contribution in [1.82, 2.24) is 10.2 Å². The highest BCUT2D eigenvalue weighted by atomic mass is 32.2. The molecule has 1 saturated heterocycles. The number of hydrogen-bond donors (Lipinski definition) is 1. The summed E-state index contributed by atoms with van der Waals surface area (Å²) in [6.45, 7) is 24.0. The Morgan fingerprint density at radius 2 is 1.65 bits per heavy atom. The molecule has 0 spiro atoms. The van der Waals surface area contributed by atoms with E-state index in [0.717, 1.165) is 44.5 Å². The topological polar surface area (TPSA) is 75.7 Å². The van der Waals surface area contributed by atoms with E-state index in [1.807, 2.05) is 30.3 Å². The number of nitrogens with zero attached hydrogens (tertiary/aromatic N) is 1. The van der Waals surface area contributed by atoms with Crippen molar-refractivity contribution in [2.45, 2.75) is 132 Å². The van der Waals surface area contributed by atoms with Crippen molar-refractivity contribution in [2.75, 3.05) is 50.9 Å². The third kappa shape index (κ3) is 7.44. The largest absolute Gasteiger partial charge is 0.460 e. The molecule has 6 aliphatic carbocycles. The van der Waals surface area contributed by atoms with Crippen LogP contribution in [-0.4, -0.2) is 70.2 Å². The molecule has 60 heavy (non-hydrogen) atoms. The lowest BCUT2D eigenvalue weighted by molar-refractivity contribution is -0.226. The fourth-order valence-corrected chi connectivity index (χ4v) is 17.1. The van der Waals surface area contributed by atoms with Gasteiger partial charge in [-0.3, -0.25) is 4.79 Å². The zero-order valence-corrected chi connectivity index (χ0v) is 38.9. The molecule has 10 atom stereocenters. The minimum absolute atomic E-state index is 0.00294. The van der Waals surface area contributed by atoms with Gasteiger partial charge in [-0.15, -0.1) is 0 Å². The van der Waals surface area contributed by atoms with Crippen molar-refractivity contribution in [1.29, 1.82) is 0 Å². The number of alkyl halides is 1. The highest BCUT2D eigenvalue weighted by Gasteiger charge is 2.70. The average molecular weight is 845 g/mol. The first-order valence-electron chi connectivity index (χ1n) is 23.9. The highest BCUT2D eigenvalue weighted by Crippen LogP contribution is 2.77. The molecule has 1 aromatic rings. The Morgan fingerprint density at radius 1 is 0.900 bits per heavy atom. The lowest BCUT2D eigenvalue weighted by atomic mass is 9.32. The van der Waals surface area contributed by atoms with Crippen LogP contribution in [0.15, 0.2) is 65.8 Å². The Hall–Kier alpha value is -2.29. The van der Waals surface area contributed by atoms with Gasteiger partial charge in [-0.1, -0.05) is 89.3 Å². The van der Waals surface area contributed by atoms with Gasteiger partial charge in [0.25, 0.3) is 0 Å². The summed E-state index contributed by atoms with van der Waals surface area (Å²) < 4.78 is 44.4. The minimum atomic E-state index is -2.84. The number of nitrogens with one attached hydrogen (secondary N) is 1. The SMILES string of the molecule is C=C(C)[C@@H]1CC[C@]2(CNCCCN3CCS(=O)(=O)CC3)CC[C@]3(C)[C@H](CC[C@@H]4[C@@]5(C)CC=C(C6=CC[C@@](CF)(C(=O)OCc7ccccc7)CC6)C(C)(C)[C@@H]5CC[C@]43C)[C@@H]12. The van der Waals surface area contributed by atoms with Gasteiger partial charge in [-0.05, 0) is 177 Å². The maximum absolute atomic E-state index is 14.8. The quantitative estimate of drug-likeness (QED) is 0.128. The summed E-state index contributed by atoms with van der Waals surface area (Å²) in [5, 5.41) is 3.99. The molecule has 1 aromatic carbocycles. The first-order chi connectivity index (χ1) is 28.4. The molecule has 1 N–H and O–H groups in total. The second-order valence-electron chi connectivity index (χ2n) is 22.5. The summed E-state index contributed by atoms with van der Waals surface area (Å²) in [5.74, 6) is 3.44. The zero-order chi connectivity index (χ0) is 42.8. The normalized spacial score (nSPS) is 40.8. The van der Waals surface area contributed by atoms with E-state index in [2.05, 4.69) is 70.5 Å². The predicted octanol–water partition coefficient (Wildman–Crippen LogP) is 10.7. The van der Waals surface area contributed by atoms with Gasteiger partial charge in [0.15, 0.2) is 9.84 Å². The standard InChI is InChI=1S/C52H77FN2O4S/c1-37(2)40-18-25-52(36-54-28-11-29-55-30-32-60(57,58)33-31-55)27-26-49(6)42(45(40)52)14-15-44-48(5)21-19-41(47(3,4)43(48)20-22-50(44,49)7)39-16-23-51(35-53,24-17-39)46(56)59-34-38-12-9-8-10-13-38/h8-10,12-13,16,19,40,42-45,54H,1,11,14-15,17-18,20-36H2,2-7H3/t40-,42+,43-,44+,45+,48-,49+,50+,51+,52+/m0/s1. The van der Waals surface area contributed by atoms with Crippen LogP contribution in [0.5, 0.6) is 0 Å². The lowest BCUT2D eigenvalue weighted by Gasteiger charge is -2.72. The number of carbonyl (C=O) groups excluding carboxylic acids is 1. The molecule has 0 amide bonds. The second kappa shape index (κ2) is 16.4. The van der Waals surface area contributed by atoms with Gasteiger partial charge in [0.2, 0.25) is 0 Å². The van der Waals surface area contributed by atoms with Gasteiger partial charge in [-0.2, -0.15) is 0 Å². The molecule has 4 saturated carbocycles. The van der Waals surface area contributed by atoms with Crippen molar-refractivity contribution in [3.63, 3.8) is 0 Å². The van der Waals surface area contributed by atoms with E-state index in [-0.39, 0.29) is 28.3 Å². The number of benzene rings is 1. The van der Waals surface area contributed by atoms with E-state index in [9.17, 15) is 17.6 Å². The van der Waals surface area contributed by atoms with Crippen LogP contribution in [0, 0.1) is 62.1 Å². The number of ether oxygens (including phenoxy) is 1. The second-order valence-corrected chi connectivity index (χ2v) is 24.8. The van der Waals surface area contributed by atoms with Gasteiger partial charge >= 0.3 is 5.97 Å². The summed E-state index contributed by atoms with van der Waals surface area (Å²) in [6, 6.07) is 9.68. The molecule has 1 aliphatic heterocycles. The number of fused-ring (bicyclic) bond motifs is 7. The lowest BCUT2D eigenvalue weighted by Crippen LogP contribution is -2.66. The van der Waals surface area contributed by atoms with Crippen LogP contribution in [-0.2, 0) is 26.0 Å². The molecule has 0 unspecified atom stereocenters.